The van der Waals surface area contributed by atoms with E-state index in [-0.39, 0.29) is 17.7 Å². The summed E-state index contributed by atoms with van der Waals surface area (Å²) in [5.74, 6) is 0.437. The summed E-state index contributed by atoms with van der Waals surface area (Å²) in [7, 11) is 0. The number of nitrogens with one attached hydrogen (secondary N) is 1. The van der Waals surface area contributed by atoms with Gasteiger partial charge < -0.3 is 9.73 Å². The summed E-state index contributed by atoms with van der Waals surface area (Å²) < 4.78 is 19.6. The van der Waals surface area contributed by atoms with Crippen LogP contribution < -0.4 is 5.32 Å². The number of aryl methyl sites for hydroxylation is 1. The highest BCUT2D eigenvalue weighted by atomic mass is 19.1. The van der Waals surface area contributed by atoms with Gasteiger partial charge in [0.2, 0.25) is 5.89 Å². The van der Waals surface area contributed by atoms with E-state index in [4.69, 9.17) is 4.42 Å². The monoisotopic (exact) mass is 290 g/mol. The van der Waals surface area contributed by atoms with Gasteiger partial charge in [-0.05, 0) is 26.0 Å². The third-order valence-corrected chi connectivity index (χ3v) is 3.85. The van der Waals surface area contributed by atoms with Gasteiger partial charge in [0.05, 0.1) is 11.6 Å². The van der Waals surface area contributed by atoms with Crippen LogP contribution in [0.15, 0.2) is 22.6 Å². The average molecular weight is 290 g/mol. The standard InChI is InChI=1S/C15H19FN4O/c1-10-3-4-13(16)12(9-10)15-19-18-14(21-15)11(2)20-7-5-17-6-8-20/h3-4,9,11,17H,5-8H2,1-2H3. The minimum Gasteiger partial charge on any atom is -0.419 e. The third kappa shape index (κ3) is 2.96. The van der Waals surface area contributed by atoms with Gasteiger partial charge >= 0.3 is 0 Å². The van der Waals surface area contributed by atoms with Crippen LogP contribution in [0.2, 0.25) is 0 Å². The van der Waals surface area contributed by atoms with Crippen molar-refractivity contribution in [2.75, 3.05) is 26.2 Å². The Morgan fingerprint density at radius 2 is 2.05 bits per heavy atom. The van der Waals surface area contributed by atoms with E-state index >= 15 is 0 Å². The summed E-state index contributed by atoms with van der Waals surface area (Å²) in [6, 6.07) is 4.91. The summed E-state index contributed by atoms with van der Waals surface area (Å²) >= 11 is 0. The van der Waals surface area contributed by atoms with E-state index in [1.54, 1.807) is 12.1 Å². The molecule has 3 rings (SSSR count). The van der Waals surface area contributed by atoms with Crippen molar-refractivity contribution in [1.82, 2.24) is 20.4 Å². The van der Waals surface area contributed by atoms with Crippen LogP contribution >= 0.6 is 0 Å². The molecule has 0 bridgehead atoms. The first-order valence-corrected chi connectivity index (χ1v) is 7.20. The van der Waals surface area contributed by atoms with Crippen LogP contribution in [0.3, 0.4) is 0 Å². The molecule has 0 saturated carbocycles. The molecule has 0 spiro atoms. The molecule has 0 amide bonds. The summed E-state index contributed by atoms with van der Waals surface area (Å²) in [6.07, 6.45) is 0. The van der Waals surface area contributed by atoms with Crippen LogP contribution in [0.1, 0.15) is 24.4 Å². The molecule has 112 valence electrons. The first kappa shape index (κ1) is 14.2. The first-order valence-electron chi connectivity index (χ1n) is 7.20. The zero-order valence-electron chi connectivity index (χ0n) is 12.3. The molecule has 0 radical (unpaired) electrons. The van der Waals surface area contributed by atoms with E-state index in [1.165, 1.54) is 6.07 Å². The van der Waals surface area contributed by atoms with E-state index in [9.17, 15) is 4.39 Å². The number of hydrogen-bond donors (Lipinski definition) is 1. The van der Waals surface area contributed by atoms with Crippen molar-refractivity contribution in [3.05, 3.63) is 35.5 Å². The van der Waals surface area contributed by atoms with Crippen molar-refractivity contribution in [1.29, 1.82) is 0 Å². The number of halogens is 1. The molecule has 2 aromatic rings. The number of nitrogens with zero attached hydrogens (tertiary/aromatic N) is 3. The van der Waals surface area contributed by atoms with Crippen molar-refractivity contribution in [2.24, 2.45) is 0 Å². The summed E-state index contributed by atoms with van der Waals surface area (Å²) in [4.78, 5) is 2.28. The largest absolute Gasteiger partial charge is 0.419 e. The van der Waals surface area contributed by atoms with Crippen molar-refractivity contribution in [3.8, 4) is 11.5 Å². The quantitative estimate of drug-likeness (QED) is 0.938. The smallest absolute Gasteiger partial charge is 0.250 e. The maximum atomic E-state index is 13.9. The summed E-state index contributed by atoms with van der Waals surface area (Å²) in [5.41, 5.74) is 1.32. The SMILES string of the molecule is Cc1ccc(F)c(-c2nnc(C(C)N3CCNCC3)o2)c1. The van der Waals surface area contributed by atoms with Gasteiger partial charge in [0.1, 0.15) is 5.82 Å². The second-order valence-electron chi connectivity index (χ2n) is 5.39. The normalized spacial score (nSPS) is 17.9. The maximum Gasteiger partial charge on any atom is 0.250 e. The third-order valence-electron chi connectivity index (χ3n) is 3.85. The number of piperazine rings is 1. The van der Waals surface area contributed by atoms with Gasteiger partial charge in [0, 0.05) is 26.2 Å². The highest BCUT2D eigenvalue weighted by Crippen LogP contribution is 2.26. The van der Waals surface area contributed by atoms with E-state index < -0.39 is 0 Å². The number of hydrogen-bond acceptors (Lipinski definition) is 5. The fourth-order valence-corrected chi connectivity index (χ4v) is 2.54. The van der Waals surface area contributed by atoms with Crippen LogP contribution in [0.25, 0.3) is 11.5 Å². The Hall–Kier alpha value is -1.79. The average Bonchev–Trinajstić information content (AvgIpc) is 2.99. The lowest BCUT2D eigenvalue weighted by molar-refractivity contribution is 0.163. The molecular formula is C15H19FN4O. The molecule has 1 aliphatic heterocycles. The fourth-order valence-electron chi connectivity index (χ4n) is 2.54. The van der Waals surface area contributed by atoms with Crippen LogP contribution in [0.5, 0.6) is 0 Å². The van der Waals surface area contributed by atoms with E-state index in [2.05, 4.69) is 20.4 Å². The lowest BCUT2D eigenvalue weighted by atomic mass is 10.1. The molecular weight excluding hydrogens is 271 g/mol. The Morgan fingerprint density at radius 3 is 2.81 bits per heavy atom. The number of aromatic nitrogens is 2. The Kier molecular flexibility index (Phi) is 3.98. The minimum atomic E-state index is -0.342. The highest BCUT2D eigenvalue weighted by molar-refractivity contribution is 5.54. The van der Waals surface area contributed by atoms with Crippen LogP contribution in [-0.2, 0) is 0 Å². The van der Waals surface area contributed by atoms with Gasteiger partial charge in [0.15, 0.2) is 0 Å². The lowest BCUT2D eigenvalue weighted by Gasteiger charge is -2.30. The molecule has 1 aliphatic rings. The van der Waals surface area contributed by atoms with Crippen LogP contribution in [0, 0.1) is 12.7 Å². The Balaban J connectivity index is 1.84. The maximum absolute atomic E-state index is 13.9. The Bertz CT molecular complexity index is 622. The van der Waals surface area contributed by atoms with Gasteiger partial charge in [-0.25, -0.2) is 4.39 Å². The van der Waals surface area contributed by atoms with Gasteiger partial charge in [-0.15, -0.1) is 10.2 Å². The Labute approximate surface area is 123 Å². The van der Waals surface area contributed by atoms with Gasteiger partial charge in [-0.1, -0.05) is 11.6 Å². The molecule has 2 heterocycles. The molecule has 1 aromatic carbocycles. The van der Waals surface area contributed by atoms with Crippen molar-refractivity contribution < 1.29 is 8.81 Å². The molecule has 5 nitrogen and oxygen atoms in total. The fraction of sp³-hybridized carbons (Fsp3) is 0.467. The lowest BCUT2D eigenvalue weighted by Crippen LogP contribution is -2.44. The second kappa shape index (κ2) is 5.91. The zero-order valence-corrected chi connectivity index (χ0v) is 12.3. The predicted octanol–water partition coefficient (Wildman–Crippen LogP) is 2.15. The predicted molar refractivity (Wildman–Crippen MR) is 77.3 cm³/mol. The van der Waals surface area contributed by atoms with Gasteiger partial charge in [-0.3, -0.25) is 4.90 Å². The van der Waals surface area contributed by atoms with E-state index in [0.717, 1.165) is 31.7 Å². The molecule has 1 N–H and O–H groups in total. The second-order valence-corrected chi connectivity index (χ2v) is 5.39. The van der Waals surface area contributed by atoms with Gasteiger partial charge in [0.25, 0.3) is 5.89 Å². The topological polar surface area (TPSA) is 54.2 Å². The van der Waals surface area contributed by atoms with E-state index in [1.807, 2.05) is 13.8 Å². The molecule has 1 fully saturated rings. The minimum absolute atomic E-state index is 0.0428. The molecule has 1 atom stereocenters. The van der Waals surface area contributed by atoms with Crippen LogP contribution in [-0.4, -0.2) is 41.3 Å². The number of rotatable bonds is 3. The summed E-state index contributed by atoms with van der Waals surface area (Å²) in [6.45, 7) is 7.74. The van der Waals surface area contributed by atoms with Gasteiger partial charge in [-0.2, -0.15) is 0 Å². The molecule has 21 heavy (non-hydrogen) atoms. The number of benzene rings is 1. The van der Waals surface area contributed by atoms with E-state index in [0.29, 0.717) is 11.5 Å². The first-order chi connectivity index (χ1) is 10.1. The molecule has 6 heteroatoms. The molecule has 0 aliphatic carbocycles. The molecule has 1 saturated heterocycles. The van der Waals surface area contributed by atoms with Crippen molar-refractivity contribution in [3.63, 3.8) is 0 Å². The molecule has 1 aromatic heterocycles. The summed E-state index contributed by atoms with van der Waals surface area (Å²) in [5, 5.41) is 11.4. The Morgan fingerprint density at radius 1 is 1.29 bits per heavy atom. The zero-order chi connectivity index (χ0) is 14.8. The highest BCUT2D eigenvalue weighted by Gasteiger charge is 2.23. The molecule has 1 unspecified atom stereocenters. The van der Waals surface area contributed by atoms with Crippen LogP contribution in [0.4, 0.5) is 4.39 Å². The van der Waals surface area contributed by atoms with Crippen molar-refractivity contribution >= 4 is 0 Å². The van der Waals surface area contributed by atoms with Crippen molar-refractivity contribution in [2.45, 2.75) is 19.9 Å².